The molecule has 0 atom stereocenters. The summed E-state index contributed by atoms with van der Waals surface area (Å²) in [6.45, 7) is -1.97. The highest BCUT2D eigenvalue weighted by Crippen LogP contribution is 2.31. The number of aliphatic hydroxyl groups excluding tert-OH is 1. The molecule has 0 spiro atoms. The minimum Gasteiger partial charge on any atom is -0.397 e. The van der Waals surface area contributed by atoms with Crippen LogP contribution < -0.4 is 11.1 Å². The van der Waals surface area contributed by atoms with Gasteiger partial charge in [-0.25, -0.2) is 8.78 Å². The molecule has 0 heterocycles. The van der Waals surface area contributed by atoms with E-state index in [9.17, 15) is 8.78 Å². The highest BCUT2D eigenvalue weighted by molar-refractivity contribution is 6.42. The zero-order valence-corrected chi connectivity index (χ0v) is 9.62. The number of nitrogens with two attached hydrogens (primary N) is 1. The highest BCUT2D eigenvalue weighted by atomic mass is 35.5. The third-order valence-electron chi connectivity index (χ3n) is 1.86. The molecule has 0 fully saturated rings. The van der Waals surface area contributed by atoms with Crippen molar-refractivity contribution in [1.29, 1.82) is 0 Å². The average molecular weight is 271 g/mol. The number of nitrogens with one attached hydrogen (secondary N) is 1. The standard InChI is InChI=1S/C9H10Cl2F2N2O/c10-5-1-7(14)8(2-6(5)11)15-3-9(12,13)4-16/h1-2,15-16H,3-4,14H2. The van der Waals surface area contributed by atoms with Gasteiger partial charge in [0.1, 0.15) is 6.61 Å². The summed E-state index contributed by atoms with van der Waals surface area (Å²) in [6.07, 6.45) is 0. The monoisotopic (exact) mass is 270 g/mol. The second kappa shape index (κ2) is 5.03. The van der Waals surface area contributed by atoms with E-state index >= 15 is 0 Å². The molecule has 0 saturated heterocycles. The lowest BCUT2D eigenvalue weighted by Gasteiger charge is -2.16. The van der Waals surface area contributed by atoms with E-state index in [4.69, 9.17) is 34.0 Å². The molecular weight excluding hydrogens is 261 g/mol. The van der Waals surface area contributed by atoms with E-state index in [2.05, 4.69) is 5.32 Å². The maximum atomic E-state index is 12.7. The topological polar surface area (TPSA) is 58.3 Å². The molecule has 0 radical (unpaired) electrons. The smallest absolute Gasteiger partial charge is 0.287 e. The first-order chi connectivity index (χ1) is 7.35. The molecule has 0 saturated carbocycles. The van der Waals surface area contributed by atoms with E-state index in [0.29, 0.717) is 0 Å². The van der Waals surface area contributed by atoms with Crippen LogP contribution in [0.3, 0.4) is 0 Å². The molecule has 0 unspecified atom stereocenters. The van der Waals surface area contributed by atoms with Gasteiger partial charge < -0.3 is 16.2 Å². The zero-order chi connectivity index (χ0) is 12.3. The Morgan fingerprint density at radius 1 is 1.31 bits per heavy atom. The van der Waals surface area contributed by atoms with Crippen LogP contribution >= 0.6 is 23.2 Å². The molecule has 3 nitrogen and oxygen atoms in total. The molecule has 0 aliphatic carbocycles. The van der Waals surface area contributed by atoms with Crippen molar-refractivity contribution in [3.05, 3.63) is 22.2 Å². The number of halogens is 4. The van der Waals surface area contributed by atoms with Crippen molar-refractivity contribution in [2.75, 3.05) is 24.2 Å². The molecule has 0 aliphatic heterocycles. The molecule has 16 heavy (non-hydrogen) atoms. The zero-order valence-electron chi connectivity index (χ0n) is 8.11. The van der Waals surface area contributed by atoms with Crippen molar-refractivity contribution in [3.8, 4) is 0 Å². The Balaban J connectivity index is 2.79. The Hall–Kier alpha value is -0.780. The quantitative estimate of drug-likeness (QED) is 0.738. The molecular formula is C9H10Cl2F2N2O. The van der Waals surface area contributed by atoms with Crippen LogP contribution in [0.2, 0.25) is 10.0 Å². The average Bonchev–Trinajstić information content (AvgIpc) is 2.22. The Bertz CT molecular complexity index is 388. The second-order valence-electron chi connectivity index (χ2n) is 3.22. The van der Waals surface area contributed by atoms with Crippen LogP contribution in [-0.4, -0.2) is 24.2 Å². The van der Waals surface area contributed by atoms with Gasteiger partial charge in [-0.1, -0.05) is 23.2 Å². The number of hydrogen-bond donors (Lipinski definition) is 3. The molecule has 0 amide bonds. The number of alkyl halides is 2. The van der Waals surface area contributed by atoms with E-state index in [1.54, 1.807) is 0 Å². The summed E-state index contributed by atoms with van der Waals surface area (Å²) in [5.41, 5.74) is 6.01. The molecule has 90 valence electrons. The Kier molecular flexibility index (Phi) is 4.18. The van der Waals surface area contributed by atoms with Gasteiger partial charge in [0, 0.05) is 0 Å². The summed E-state index contributed by atoms with van der Waals surface area (Å²) < 4.78 is 25.5. The van der Waals surface area contributed by atoms with Crippen molar-refractivity contribution in [1.82, 2.24) is 0 Å². The van der Waals surface area contributed by atoms with Crippen LogP contribution in [0.4, 0.5) is 20.2 Å². The molecule has 1 rings (SSSR count). The Morgan fingerprint density at radius 2 is 1.88 bits per heavy atom. The molecule has 1 aromatic carbocycles. The van der Waals surface area contributed by atoms with Crippen molar-refractivity contribution >= 4 is 34.6 Å². The lowest BCUT2D eigenvalue weighted by molar-refractivity contribution is -0.0372. The van der Waals surface area contributed by atoms with Gasteiger partial charge >= 0.3 is 0 Å². The second-order valence-corrected chi connectivity index (χ2v) is 4.04. The lowest BCUT2D eigenvalue weighted by Crippen LogP contribution is -2.31. The van der Waals surface area contributed by atoms with Crippen LogP contribution in [0.1, 0.15) is 0 Å². The van der Waals surface area contributed by atoms with Gasteiger partial charge in [0.25, 0.3) is 5.92 Å². The SMILES string of the molecule is Nc1cc(Cl)c(Cl)cc1NCC(F)(F)CO. The number of benzene rings is 1. The third kappa shape index (κ3) is 3.37. The van der Waals surface area contributed by atoms with Crippen molar-refractivity contribution in [2.45, 2.75) is 5.92 Å². The first-order valence-corrected chi connectivity index (χ1v) is 5.08. The van der Waals surface area contributed by atoms with Crippen molar-refractivity contribution in [3.63, 3.8) is 0 Å². The maximum absolute atomic E-state index is 12.7. The number of hydrogen-bond acceptors (Lipinski definition) is 3. The maximum Gasteiger partial charge on any atom is 0.287 e. The summed E-state index contributed by atoms with van der Waals surface area (Å²) in [7, 11) is 0. The number of anilines is 2. The van der Waals surface area contributed by atoms with E-state index in [0.717, 1.165) is 0 Å². The summed E-state index contributed by atoms with van der Waals surface area (Å²) in [5.74, 6) is -3.21. The van der Waals surface area contributed by atoms with Gasteiger partial charge in [0.2, 0.25) is 0 Å². The predicted octanol–water partition coefficient (Wildman–Crippen LogP) is 2.62. The van der Waals surface area contributed by atoms with E-state index < -0.39 is 19.1 Å². The third-order valence-corrected chi connectivity index (χ3v) is 2.58. The lowest BCUT2D eigenvalue weighted by atomic mass is 10.2. The summed E-state index contributed by atoms with van der Waals surface area (Å²) >= 11 is 11.4. The fourth-order valence-corrected chi connectivity index (χ4v) is 1.33. The minimum atomic E-state index is -3.21. The number of aliphatic hydroxyl groups is 1. The summed E-state index contributed by atoms with van der Waals surface area (Å²) in [4.78, 5) is 0. The van der Waals surface area contributed by atoms with Gasteiger partial charge in [-0.2, -0.15) is 0 Å². The minimum absolute atomic E-state index is 0.211. The van der Waals surface area contributed by atoms with Crippen LogP contribution in [0.5, 0.6) is 0 Å². The van der Waals surface area contributed by atoms with E-state index in [-0.39, 0.29) is 21.4 Å². The Labute approximate surface area is 101 Å². The van der Waals surface area contributed by atoms with Crippen LogP contribution in [0.15, 0.2) is 12.1 Å². The number of rotatable bonds is 4. The van der Waals surface area contributed by atoms with Gasteiger partial charge in [-0.3, -0.25) is 0 Å². The molecule has 1 aromatic rings. The van der Waals surface area contributed by atoms with Crippen LogP contribution in [-0.2, 0) is 0 Å². The molecule has 0 aromatic heterocycles. The van der Waals surface area contributed by atoms with E-state index in [1.165, 1.54) is 12.1 Å². The fraction of sp³-hybridized carbons (Fsp3) is 0.333. The van der Waals surface area contributed by atoms with Gasteiger partial charge in [-0.05, 0) is 12.1 Å². The van der Waals surface area contributed by atoms with Crippen molar-refractivity contribution < 1.29 is 13.9 Å². The normalized spacial score (nSPS) is 11.6. The summed E-state index contributed by atoms with van der Waals surface area (Å²) in [5, 5.41) is 11.2. The Morgan fingerprint density at radius 3 is 2.44 bits per heavy atom. The number of nitrogen functional groups attached to an aromatic ring is 1. The molecule has 0 aliphatic rings. The van der Waals surface area contributed by atoms with Crippen molar-refractivity contribution in [2.24, 2.45) is 0 Å². The van der Waals surface area contributed by atoms with Gasteiger partial charge in [-0.15, -0.1) is 0 Å². The van der Waals surface area contributed by atoms with Gasteiger partial charge in [0.05, 0.1) is 28.0 Å². The first kappa shape index (κ1) is 13.3. The fourth-order valence-electron chi connectivity index (χ4n) is 0.996. The molecule has 7 heteroatoms. The first-order valence-electron chi connectivity index (χ1n) is 4.33. The predicted molar refractivity (Wildman–Crippen MR) is 61.4 cm³/mol. The molecule has 0 bridgehead atoms. The van der Waals surface area contributed by atoms with E-state index in [1.807, 2.05) is 0 Å². The van der Waals surface area contributed by atoms with Crippen LogP contribution in [0, 0.1) is 0 Å². The summed E-state index contributed by atoms with van der Waals surface area (Å²) in [6, 6.07) is 2.72. The van der Waals surface area contributed by atoms with Gasteiger partial charge in [0.15, 0.2) is 0 Å². The molecule has 4 N–H and O–H groups in total. The van der Waals surface area contributed by atoms with Crippen LogP contribution in [0.25, 0.3) is 0 Å². The highest BCUT2D eigenvalue weighted by Gasteiger charge is 2.27. The largest absolute Gasteiger partial charge is 0.397 e.